The molecule has 2 rings (SSSR count). The molecule has 0 aliphatic carbocycles. The van der Waals surface area contributed by atoms with E-state index in [1.165, 1.54) is 11.1 Å². The van der Waals surface area contributed by atoms with E-state index in [1.807, 2.05) is 18.2 Å². The normalized spacial score (nSPS) is 12.3. The SMILES string of the molecule is CCCNC(Cc1cccc(Br)c1)c1cccc(Cl)c1. The smallest absolute Gasteiger partial charge is 0.0409 e. The summed E-state index contributed by atoms with van der Waals surface area (Å²) in [5.41, 5.74) is 2.55. The van der Waals surface area contributed by atoms with E-state index >= 15 is 0 Å². The average molecular weight is 353 g/mol. The van der Waals surface area contributed by atoms with Crippen molar-refractivity contribution in [1.82, 2.24) is 5.32 Å². The quantitative estimate of drug-likeness (QED) is 0.735. The van der Waals surface area contributed by atoms with Crippen molar-refractivity contribution in [2.45, 2.75) is 25.8 Å². The van der Waals surface area contributed by atoms with Gasteiger partial charge in [-0.05, 0) is 54.8 Å². The second kappa shape index (κ2) is 7.82. The van der Waals surface area contributed by atoms with E-state index in [9.17, 15) is 0 Å². The Morgan fingerprint density at radius 3 is 2.65 bits per heavy atom. The lowest BCUT2D eigenvalue weighted by Crippen LogP contribution is -2.24. The number of nitrogens with one attached hydrogen (secondary N) is 1. The first-order valence-electron chi connectivity index (χ1n) is 6.92. The van der Waals surface area contributed by atoms with Crippen LogP contribution in [0.4, 0.5) is 0 Å². The lowest BCUT2D eigenvalue weighted by Gasteiger charge is -2.19. The van der Waals surface area contributed by atoms with Crippen molar-refractivity contribution in [1.29, 1.82) is 0 Å². The van der Waals surface area contributed by atoms with E-state index in [0.29, 0.717) is 6.04 Å². The van der Waals surface area contributed by atoms with E-state index in [1.54, 1.807) is 0 Å². The van der Waals surface area contributed by atoms with E-state index < -0.39 is 0 Å². The van der Waals surface area contributed by atoms with Crippen LogP contribution in [-0.2, 0) is 6.42 Å². The van der Waals surface area contributed by atoms with Crippen molar-refractivity contribution >= 4 is 27.5 Å². The zero-order valence-corrected chi connectivity index (χ0v) is 13.9. The van der Waals surface area contributed by atoms with Crippen LogP contribution in [0.5, 0.6) is 0 Å². The summed E-state index contributed by atoms with van der Waals surface area (Å²) < 4.78 is 1.12. The monoisotopic (exact) mass is 351 g/mol. The molecule has 0 saturated carbocycles. The van der Waals surface area contributed by atoms with Crippen LogP contribution in [0, 0.1) is 0 Å². The van der Waals surface area contributed by atoms with Gasteiger partial charge >= 0.3 is 0 Å². The van der Waals surface area contributed by atoms with E-state index in [0.717, 1.165) is 28.9 Å². The zero-order valence-electron chi connectivity index (χ0n) is 11.6. The highest BCUT2D eigenvalue weighted by Gasteiger charge is 2.12. The summed E-state index contributed by atoms with van der Waals surface area (Å²) in [4.78, 5) is 0. The summed E-state index contributed by atoms with van der Waals surface area (Å²) in [7, 11) is 0. The molecule has 20 heavy (non-hydrogen) atoms. The van der Waals surface area contributed by atoms with E-state index in [4.69, 9.17) is 11.6 Å². The van der Waals surface area contributed by atoms with Crippen LogP contribution in [0.25, 0.3) is 0 Å². The van der Waals surface area contributed by atoms with Gasteiger partial charge in [0.25, 0.3) is 0 Å². The van der Waals surface area contributed by atoms with Crippen LogP contribution < -0.4 is 5.32 Å². The van der Waals surface area contributed by atoms with Gasteiger partial charge in [0.1, 0.15) is 0 Å². The molecule has 0 bridgehead atoms. The van der Waals surface area contributed by atoms with Gasteiger partial charge in [0.15, 0.2) is 0 Å². The van der Waals surface area contributed by atoms with Crippen LogP contribution in [0.1, 0.15) is 30.5 Å². The Labute approximate surface area is 134 Å². The van der Waals surface area contributed by atoms with Gasteiger partial charge in [0.2, 0.25) is 0 Å². The van der Waals surface area contributed by atoms with Crippen molar-refractivity contribution in [3.63, 3.8) is 0 Å². The van der Waals surface area contributed by atoms with E-state index in [2.05, 4.69) is 58.5 Å². The highest BCUT2D eigenvalue weighted by atomic mass is 79.9. The van der Waals surface area contributed by atoms with Gasteiger partial charge in [-0.2, -0.15) is 0 Å². The fourth-order valence-electron chi connectivity index (χ4n) is 2.25. The Kier molecular flexibility index (Phi) is 6.08. The minimum atomic E-state index is 0.294. The molecule has 1 atom stereocenters. The van der Waals surface area contributed by atoms with Crippen LogP contribution in [0.15, 0.2) is 53.0 Å². The van der Waals surface area contributed by atoms with Gasteiger partial charge in [-0.3, -0.25) is 0 Å². The highest BCUT2D eigenvalue weighted by molar-refractivity contribution is 9.10. The predicted molar refractivity (Wildman–Crippen MR) is 90.3 cm³/mol. The van der Waals surface area contributed by atoms with Gasteiger partial charge in [-0.25, -0.2) is 0 Å². The number of hydrogen-bond acceptors (Lipinski definition) is 1. The van der Waals surface area contributed by atoms with Gasteiger partial charge in [-0.1, -0.05) is 58.7 Å². The molecular weight excluding hydrogens is 334 g/mol. The highest BCUT2D eigenvalue weighted by Crippen LogP contribution is 2.23. The molecule has 1 N–H and O–H groups in total. The molecule has 1 unspecified atom stereocenters. The van der Waals surface area contributed by atoms with Crippen molar-refractivity contribution in [2.24, 2.45) is 0 Å². The standard InChI is InChI=1S/C17H19BrClN/c1-2-9-20-17(14-6-4-8-16(19)12-14)11-13-5-3-7-15(18)10-13/h3-8,10,12,17,20H,2,9,11H2,1H3. The largest absolute Gasteiger partial charge is 0.310 e. The molecule has 0 radical (unpaired) electrons. The molecule has 0 aliphatic heterocycles. The summed E-state index contributed by atoms with van der Waals surface area (Å²) in [5.74, 6) is 0. The molecule has 1 nitrogen and oxygen atoms in total. The molecule has 0 spiro atoms. The summed E-state index contributed by atoms with van der Waals surface area (Å²) in [5, 5.41) is 4.40. The number of halogens is 2. The summed E-state index contributed by atoms with van der Waals surface area (Å²) in [6.07, 6.45) is 2.08. The van der Waals surface area contributed by atoms with Crippen LogP contribution >= 0.6 is 27.5 Å². The number of rotatable bonds is 6. The Morgan fingerprint density at radius 2 is 1.95 bits per heavy atom. The molecule has 2 aromatic rings. The van der Waals surface area contributed by atoms with Gasteiger partial charge < -0.3 is 5.32 Å². The zero-order chi connectivity index (χ0) is 14.4. The third kappa shape index (κ3) is 4.62. The molecule has 0 aliphatic rings. The lowest BCUT2D eigenvalue weighted by atomic mass is 9.99. The fourth-order valence-corrected chi connectivity index (χ4v) is 2.89. The maximum Gasteiger partial charge on any atom is 0.0409 e. The minimum Gasteiger partial charge on any atom is -0.310 e. The molecule has 0 fully saturated rings. The molecular formula is C17H19BrClN. The summed E-state index contributed by atoms with van der Waals surface area (Å²) in [6.45, 7) is 3.19. The summed E-state index contributed by atoms with van der Waals surface area (Å²) in [6, 6.07) is 16.9. The molecule has 3 heteroatoms. The third-order valence-electron chi connectivity index (χ3n) is 3.22. The molecule has 0 amide bonds. The molecule has 0 heterocycles. The van der Waals surface area contributed by atoms with Crippen molar-refractivity contribution in [3.05, 3.63) is 69.2 Å². The lowest BCUT2D eigenvalue weighted by molar-refractivity contribution is 0.529. The molecule has 0 aromatic heterocycles. The first kappa shape index (κ1) is 15.6. The van der Waals surface area contributed by atoms with Crippen molar-refractivity contribution in [3.8, 4) is 0 Å². The molecule has 0 saturated heterocycles. The fraction of sp³-hybridized carbons (Fsp3) is 0.294. The van der Waals surface area contributed by atoms with E-state index in [-0.39, 0.29) is 0 Å². The summed E-state index contributed by atoms with van der Waals surface area (Å²) >= 11 is 9.65. The predicted octanol–water partition coefficient (Wildman–Crippen LogP) is 5.39. The second-order valence-corrected chi connectivity index (χ2v) is 6.25. The first-order chi connectivity index (χ1) is 9.69. The van der Waals surface area contributed by atoms with Gasteiger partial charge in [-0.15, -0.1) is 0 Å². The maximum atomic E-state index is 6.12. The first-order valence-corrected chi connectivity index (χ1v) is 8.09. The van der Waals surface area contributed by atoms with Crippen molar-refractivity contribution < 1.29 is 0 Å². The minimum absolute atomic E-state index is 0.294. The molecule has 2 aromatic carbocycles. The maximum absolute atomic E-state index is 6.12. The van der Waals surface area contributed by atoms with Gasteiger partial charge in [0, 0.05) is 15.5 Å². The Morgan fingerprint density at radius 1 is 1.15 bits per heavy atom. The third-order valence-corrected chi connectivity index (χ3v) is 3.95. The molecule has 106 valence electrons. The van der Waals surface area contributed by atoms with Crippen LogP contribution in [0.2, 0.25) is 5.02 Å². The Balaban J connectivity index is 2.19. The Hall–Kier alpha value is -0.830. The van der Waals surface area contributed by atoms with Crippen LogP contribution in [-0.4, -0.2) is 6.54 Å². The second-order valence-electron chi connectivity index (χ2n) is 4.90. The van der Waals surface area contributed by atoms with Crippen LogP contribution in [0.3, 0.4) is 0 Å². The number of benzene rings is 2. The van der Waals surface area contributed by atoms with Gasteiger partial charge in [0.05, 0.1) is 0 Å². The number of hydrogen-bond donors (Lipinski definition) is 1. The Bertz CT molecular complexity index is 556. The average Bonchev–Trinajstić information content (AvgIpc) is 2.43. The topological polar surface area (TPSA) is 12.0 Å². The van der Waals surface area contributed by atoms with Crippen molar-refractivity contribution in [2.75, 3.05) is 6.54 Å².